The van der Waals surface area contributed by atoms with Gasteiger partial charge in [-0.2, -0.15) is 0 Å². The number of esters is 1. The number of aryl methyl sites for hydroxylation is 2. The third kappa shape index (κ3) is 4.19. The second kappa shape index (κ2) is 7.08. The molecular formula is C15H18N2O3S. The first-order valence-corrected chi connectivity index (χ1v) is 7.41. The van der Waals surface area contributed by atoms with Crippen LogP contribution < -0.4 is 10.1 Å². The first kappa shape index (κ1) is 15.3. The highest BCUT2D eigenvalue weighted by atomic mass is 32.1. The van der Waals surface area contributed by atoms with Crippen LogP contribution in [0.1, 0.15) is 20.9 Å². The molecule has 0 radical (unpaired) electrons. The average molecular weight is 306 g/mol. The van der Waals surface area contributed by atoms with E-state index >= 15 is 0 Å². The van der Waals surface area contributed by atoms with Crippen molar-refractivity contribution in [1.82, 2.24) is 4.98 Å². The van der Waals surface area contributed by atoms with E-state index in [2.05, 4.69) is 10.3 Å². The zero-order valence-electron chi connectivity index (χ0n) is 12.3. The minimum atomic E-state index is -0.353. The summed E-state index contributed by atoms with van der Waals surface area (Å²) >= 11 is 1.29. The molecule has 0 saturated carbocycles. The van der Waals surface area contributed by atoms with E-state index in [-0.39, 0.29) is 5.97 Å². The van der Waals surface area contributed by atoms with E-state index in [0.29, 0.717) is 28.9 Å². The molecule has 0 aliphatic rings. The highest BCUT2D eigenvalue weighted by molar-refractivity contribution is 7.17. The van der Waals surface area contributed by atoms with Crippen molar-refractivity contribution in [3.63, 3.8) is 0 Å². The Labute approximate surface area is 127 Å². The number of carbonyl (C=O) groups excluding carboxylic acids is 1. The van der Waals surface area contributed by atoms with E-state index < -0.39 is 0 Å². The fourth-order valence-corrected chi connectivity index (χ4v) is 2.70. The summed E-state index contributed by atoms with van der Waals surface area (Å²) in [7, 11) is 1.37. The number of carbonyl (C=O) groups is 1. The molecule has 5 nitrogen and oxygen atoms in total. The van der Waals surface area contributed by atoms with Crippen molar-refractivity contribution in [2.75, 3.05) is 25.6 Å². The highest BCUT2D eigenvalue weighted by Gasteiger charge is 2.15. The Morgan fingerprint density at radius 3 is 2.90 bits per heavy atom. The second-order valence-corrected chi connectivity index (χ2v) is 5.52. The van der Waals surface area contributed by atoms with Crippen molar-refractivity contribution in [1.29, 1.82) is 0 Å². The van der Waals surface area contributed by atoms with Gasteiger partial charge in [0.1, 0.15) is 17.2 Å². The standard InChI is InChI=1S/C15H18N2O3S/c1-10-5-4-6-12(9-10)20-8-7-16-15-17-11(2)13(21-15)14(18)19-3/h4-6,9H,7-8H2,1-3H3,(H,16,17). The molecule has 0 atom stereocenters. The van der Waals surface area contributed by atoms with Crippen LogP contribution in [0.3, 0.4) is 0 Å². The van der Waals surface area contributed by atoms with Crippen LogP contribution in [-0.4, -0.2) is 31.2 Å². The number of benzene rings is 1. The Morgan fingerprint density at radius 1 is 1.38 bits per heavy atom. The molecule has 6 heteroatoms. The lowest BCUT2D eigenvalue weighted by molar-refractivity contribution is 0.0605. The molecule has 1 heterocycles. The molecule has 2 rings (SSSR count). The molecule has 0 fully saturated rings. The van der Waals surface area contributed by atoms with Crippen molar-refractivity contribution in [3.05, 3.63) is 40.4 Å². The van der Waals surface area contributed by atoms with Crippen LogP contribution in [0, 0.1) is 13.8 Å². The van der Waals surface area contributed by atoms with Crippen molar-refractivity contribution >= 4 is 22.4 Å². The van der Waals surface area contributed by atoms with Gasteiger partial charge < -0.3 is 14.8 Å². The number of nitrogens with zero attached hydrogens (tertiary/aromatic N) is 1. The summed E-state index contributed by atoms with van der Waals surface area (Å²) in [5.41, 5.74) is 1.84. The monoisotopic (exact) mass is 306 g/mol. The van der Waals surface area contributed by atoms with Gasteiger partial charge in [0.25, 0.3) is 0 Å². The maximum absolute atomic E-state index is 11.5. The van der Waals surface area contributed by atoms with E-state index in [4.69, 9.17) is 9.47 Å². The third-order valence-electron chi connectivity index (χ3n) is 2.80. The van der Waals surface area contributed by atoms with Gasteiger partial charge in [0.2, 0.25) is 0 Å². The Balaban J connectivity index is 1.82. The quantitative estimate of drug-likeness (QED) is 0.656. The molecule has 0 aliphatic heterocycles. The Morgan fingerprint density at radius 2 is 2.19 bits per heavy atom. The highest BCUT2D eigenvalue weighted by Crippen LogP contribution is 2.23. The van der Waals surface area contributed by atoms with Gasteiger partial charge in [-0.1, -0.05) is 23.5 Å². The van der Waals surface area contributed by atoms with Crippen LogP contribution in [0.4, 0.5) is 5.13 Å². The molecular weight excluding hydrogens is 288 g/mol. The van der Waals surface area contributed by atoms with E-state index in [0.717, 1.165) is 5.75 Å². The summed E-state index contributed by atoms with van der Waals surface area (Å²) in [5, 5.41) is 3.84. The second-order valence-electron chi connectivity index (χ2n) is 4.52. The molecule has 0 aliphatic carbocycles. The molecule has 0 bridgehead atoms. The summed E-state index contributed by atoms with van der Waals surface area (Å²) < 4.78 is 10.3. The first-order valence-electron chi connectivity index (χ1n) is 6.59. The molecule has 0 unspecified atom stereocenters. The number of hydrogen-bond acceptors (Lipinski definition) is 6. The number of nitrogens with one attached hydrogen (secondary N) is 1. The number of thiazole rings is 1. The van der Waals surface area contributed by atoms with Gasteiger partial charge in [-0.3, -0.25) is 0 Å². The maximum atomic E-state index is 11.5. The number of ether oxygens (including phenoxy) is 2. The summed E-state index contributed by atoms with van der Waals surface area (Å²) in [6.45, 7) is 4.95. The molecule has 0 amide bonds. The number of aromatic nitrogens is 1. The van der Waals surface area contributed by atoms with E-state index in [1.54, 1.807) is 6.92 Å². The van der Waals surface area contributed by atoms with Gasteiger partial charge in [0.15, 0.2) is 5.13 Å². The number of anilines is 1. The summed E-state index contributed by atoms with van der Waals surface area (Å²) in [6, 6.07) is 7.90. The van der Waals surface area contributed by atoms with Crippen LogP contribution in [0.5, 0.6) is 5.75 Å². The van der Waals surface area contributed by atoms with Crippen LogP contribution in [0.15, 0.2) is 24.3 Å². The van der Waals surface area contributed by atoms with Crippen molar-refractivity contribution < 1.29 is 14.3 Å². The lowest BCUT2D eigenvalue weighted by Gasteiger charge is -2.07. The predicted octanol–water partition coefficient (Wildman–Crippen LogP) is 3.04. The minimum Gasteiger partial charge on any atom is -0.492 e. The van der Waals surface area contributed by atoms with Gasteiger partial charge in [0.05, 0.1) is 19.3 Å². The molecule has 21 heavy (non-hydrogen) atoms. The van der Waals surface area contributed by atoms with Crippen LogP contribution in [0.2, 0.25) is 0 Å². The SMILES string of the molecule is COC(=O)c1sc(NCCOc2cccc(C)c2)nc1C. The van der Waals surface area contributed by atoms with Gasteiger partial charge in [0, 0.05) is 0 Å². The molecule has 0 spiro atoms. The predicted molar refractivity (Wildman–Crippen MR) is 83.4 cm³/mol. The Bertz CT molecular complexity index is 625. The van der Waals surface area contributed by atoms with Gasteiger partial charge in [-0.25, -0.2) is 9.78 Å². The van der Waals surface area contributed by atoms with Crippen molar-refractivity contribution in [2.24, 2.45) is 0 Å². The average Bonchev–Trinajstić information content (AvgIpc) is 2.84. The lowest BCUT2D eigenvalue weighted by Crippen LogP contribution is -2.11. The maximum Gasteiger partial charge on any atom is 0.350 e. The van der Waals surface area contributed by atoms with Crippen molar-refractivity contribution in [2.45, 2.75) is 13.8 Å². The topological polar surface area (TPSA) is 60.5 Å². The molecule has 1 aromatic heterocycles. The Kier molecular flexibility index (Phi) is 5.16. The van der Waals surface area contributed by atoms with Gasteiger partial charge in [-0.05, 0) is 31.5 Å². The lowest BCUT2D eigenvalue weighted by atomic mass is 10.2. The molecule has 0 saturated heterocycles. The largest absolute Gasteiger partial charge is 0.492 e. The van der Waals surface area contributed by atoms with Crippen LogP contribution in [-0.2, 0) is 4.74 Å². The van der Waals surface area contributed by atoms with E-state index in [1.165, 1.54) is 24.0 Å². The van der Waals surface area contributed by atoms with Crippen molar-refractivity contribution in [3.8, 4) is 5.75 Å². The zero-order valence-corrected chi connectivity index (χ0v) is 13.1. The molecule has 112 valence electrons. The van der Waals surface area contributed by atoms with Gasteiger partial charge in [-0.15, -0.1) is 0 Å². The fraction of sp³-hybridized carbons (Fsp3) is 0.333. The van der Waals surface area contributed by atoms with Crippen LogP contribution >= 0.6 is 11.3 Å². The Hall–Kier alpha value is -2.08. The molecule has 2 aromatic rings. The first-order chi connectivity index (χ1) is 10.1. The minimum absolute atomic E-state index is 0.353. The third-order valence-corrected chi connectivity index (χ3v) is 3.90. The number of rotatable bonds is 6. The van der Waals surface area contributed by atoms with Gasteiger partial charge >= 0.3 is 5.97 Å². The summed E-state index contributed by atoms with van der Waals surface area (Å²) in [6.07, 6.45) is 0. The van der Waals surface area contributed by atoms with E-state index in [9.17, 15) is 4.79 Å². The normalized spacial score (nSPS) is 10.2. The van der Waals surface area contributed by atoms with E-state index in [1.807, 2.05) is 31.2 Å². The molecule has 1 aromatic carbocycles. The smallest absolute Gasteiger partial charge is 0.350 e. The number of methoxy groups -OCH3 is 1. The summed E-state index contributed by atoms with van der Waals surface area (Å²) in [4.78, 5) is 16.3. The summed E-state index contributed by atoms with van der Waals surface area (Å²) in [5.74, 6) is 0.497. The van der Waals surface area contributed by atoms with Crippen LogP contribution in [0.25, 0.3) is 0 Å². The zero-order chi connectivity index (χ0) is 15.2. The molecule has 1 N–H and O–H groups in total. The number of hydrogen-bond donors (Lipinski definition) is 1. The fourth-order valence-electron chi connectivity index (χ4n) is 1.79.